The average Bonchev–Trinajstić information content (AvgIpc) is 2.34. The van der Waals surface area contributed by atoms with Gasteiger partial charge in [0.2, 0.25) is 0 Å². The summed E-state index contributed by atoms with van der Waals surface area (Å²) >= 11 is 0. The summed E-state index contributed by atoms with van der Waals surface area (Å²) in [5.41, 5.74) is 1.48. The number of methoxy groups -OCH3 is 1. The van der Waals surface area contributed by atoms with Crippen molar-refractivity contribution < 1.29 is 9.47 Å². The molecule has 0 aromatic heterocycles. The summed E-state index contributed by atoms with van der Waals surface area (Å²) in [7, 11) is 1.70. The smallest absolute Gasteiger partial charge is 0.165 e. The predicted molar refractivity (Wildman–Crippen MR) is 73.3 cm³/mol. The van der Waals surface area contributed by atoms with Gasteiger partial charge in [0.05, 0.1) is 13.7 Å². The van der Waals surface area contributed by atoms with Crippen LogP contribution < -0.4 is 14.8 Å². The third kappa shape index (κ3) is 2.78. The third-order valence-electron chi connectivity index (χ3n) is 3.73. The van der Waals surface area contributed by atoms with Gasteiger partial charge in [0, 0.05) is 17.6 Å². The molecule has 0 aliphatic heterocycles. The molecule has 0 unspecified atom stereocenters. The molecule has 1 saturated carbocycles. The van der Waals surface area contributed by atoms with Crippen LogP contribution in [0.3, 0.4) is 0 Å². The van der Waals surface area contributed by atoms with Crippen molar-refractivity contribution >= 4 is 0 Å². The lowest BCUT2D eigenvalue weighted by molar-refractivity contribution is 0.205. The van der Waals surface area contributed by atoms with Gasteiger partial charge in [-0.1, -0.05) is 12.1 Å². The Morgan fingerprint density at radius 3 is 2.67 bits per heavy atom. The van der Waals surface area contributed by atoms with Crippen molar-refractivity contribution in [3.8, 4) is 11.5 Å². The zero-order chi connectivity index (χ0) is 13.0. The SMILES string of the molecule is CCOc1cccc(CNC2(C)CCC2)c1OC. The Morgan fingerprint density at radius 2 is 2.11 bits per heavy atom. The number of rotatable bonds is 6. The fourth-order valence-corrected chi connectivity index (χ4v) is 2.39. The monoisotopic (exact) mass is 249 g/mol. The normalized spacial score (nSPS) is 17.1. The molecule has 0 amide bonds. The highest BCUT2D eigenvalue weighted by atomic mass is 16.5. The van der Waals surface area contributed by atoms with E-state index in [1.807, 2.05) is 19.1 Å². The van der Waals surface area contributed by atoms with Gasteiger partial charge in [0.15, 0.2) is 11.5 Å². The highest BCUT2D eigenvalue weighted by Crippen LogP contribution is 2.34. The fraction of sp³-hybridized carbons (Fsp3) is 0.600. The van der Waals surface area contributed by atoms with Crippen molar-refractivity contribution in [2.24, 2.45) is 0 Å². The van der Waals surface area contributed by atoms with E-state index in [1.54, 1.807) is 7.11 Å². The molecule has 0 heterocycles. The molecule has 18 heavy (non-hydrogen) atoms. The van der Waals surface area contributed by atoms with Gasteiger partial charge in [-0.25, -0.2) is 0 Å². The Morgan fingerprint density at radius 1 is 1.33 bits per heavy atom. The van der Waals surface area contributed by atoms with Crippen LogP contribution in [0.4, 0.5) is 0 Å². The van der Waals surface area contributed by atoms with Gasteiger partial charge in [-0.15, -0.1) is 0 Å². The number of hydrogen-bond acceptors (Lipinski definition) is 3. The van der Waals surface area contributed by atoms with Crippen LogP contribution in [-0.4, -0.2) is 19.3 Å². The zero-order valence-electron chi connectivity index (χ0n) is 11.6. The first-order valence-corrected chi connectivity index (χ1v) is 6.72. The molecule has 0 radical (unpaired) electrons. The van der Waals surface area contributed by atoms with Gasteiger partial charge in [0.25, 0.3) is 0 Å². The minimum atomic E-state index is 0.312. The maximum absolute atomic E-state index is 5.59. The molecule has 1 aromatic rings. The lowest BCUT2D eigenvalue weighted by Gasteiger charge is -2.39. The highest BCUT2D eigenvalue weighted by molar-refractivity contribution is 5.46. The maximum atomic E-state index is 5.59. The second-order valence-corrected chi connectivity index (χ2v) is 5.15. The third-order valence-corrected chi connectivity index (χ3v) is 3.73. The predicted octanol–water partition coefficient (Wildman–Crippen LogP) is 3.13. The summed E-state index contributed by atoms with van der Waals surface area (Å²) in [6.45, 7) is 5.76. The van der Waals surface area contributed by atoms with E-state index in [-0.39, 0.29) is 0 Å². The molecule has 0 spiro atoms. The van der Waals surface area contributed by atoms with E-state index in [2.05, 4.69) is 18.3 Å². The first-order valence-electron chi connectivity index (χ1n) is 6.72. The van der Waals surface area contributed by atoms with Crippen molar-refractivity contribution in [2.45, 2.75) is 45.2 Å². The Kier molecular flexibility index (Phi) is 4.12. The summed E-state index contributed by atoms with van der Waals surface area (Å²) < 4.78 is 11.1. The van der Waals surface area contributed by atoms with Crippen LogP contribution in [0, 0.1) is 0 Å². The summed E-state index contributed by atoms with van der Waals surface area (Å²) in [6, 6.07) is 6.07. The summed E-state index contributed by atoms with van der Waals surface area (Å²) in [6.07, 6.45) is 3.86. The lowest BCUT2D eigenvalue weighted by atomic mass is 9.78. The molecular formula is C15H23NO2. The van der Waals surface area contributed by atoms with E-state index in [4.69, 9.17) is 9.47 Å². The molecule has 1 aliphatic rings. The van der Waals surface area contributed by atoms with Gasteiger partial charge in [0.1, 0.15) is 0 Å². The van der Waals surface area contributed by atoms with Gasteiger partial charge < -0.3 is 14.8 Å². The Balaban J connectivity index is 2.08. The molecule has 0 bridgehead atoms. The van der Waals surface area contributed by atoms with E-state index < -0.39 is 0 Å². The molecule has 1 fully saturated rings. The van der Waals surface area contributed by atoms with E-state index >= 15 is 0 Å². The first-order chi connectivity index (χ1) is 8.68. The fourth-order valence-electron chi connectivity index (χ4n) is 2.39. The van der Waals surface area contributed by atoms with Gasteiger partial charge in [-0.3, -0.25) is 0 Å². The van der Waals surface area contributed by atoms with Crippen molar-refractivity contribution in [1.82, 2.24) is 5.32 Å². The van der Waals surface area contributed by atoms with E-state index in [1.165, 1.54) is 19.3 Å². The van der Waals surface area contributed by atoms with Crippen LogP contribution in [0.15, 0.2) is 18.2 Å². The average molecular weight is 249 g/mol. The molecule has 100 valence electrons. The Labute approximate surface area is 109 Å². The largest absolute Gasteiger partial charge is 0.493 e. The number of para-hydroxylation sites is 1. The molecule has 0 saturated heterocycles. The number of nitrogens with one attached hydrogen (secondary N) is 1. The van der Waals surface area contributed by atoms with Crippen LogP contribution in [-0.2, 0) is 6.54 Å². The van der Waals surface area contributed by atoms with Crippen molar-refractivity contribution in [2.75, 3.05) is 13.7 Å². The highest BCUT2D eigenvalue weighted by Gasteiger charge is 2.31. The second-order valence-electron chi connectivity index (χ2n) is 5.15. The zero-order valence-corrected chi connectivity index (χ0v) is 11.6. The molecule has 0 atom stereocenters. The van der Waals surface area contributed by atoms with Crippen molar-refractivity contribution in [3.63, 3.8) is 0 Å². The summed E-state index contributed by atoms with van der Waals surface area (Å²) in [5.74, 6) is 1.69. The van der Waals surface area contributed by atoms with E-state index in [0.29, 0.717) is 12.1 Å². The minimum absolute atomic E-state index is 0.312. The Bertz CT molecular complexity index is 399. The van der Waals surface area contributed by atoms with Crippen LogP contribution in [0.25, 0.3) is 0 Å². The molecule has 3 nitrogen and oxygen atoms in total. The van der Waals surface area contributed by atoms with Crippen molar-refractivity contribution in [3.05, 3.63) is 23.8 Å². The summed E-state index contributed by atoms with van der Waals surface area (Å²) in [5, 5.41) is 3.62. The standard InChI is InChI=1S/C15H23NO2/c1-4-18-13-8-5-7-12(14(13)17-3)11-16-15(2)9-6-10-15/h5,7-8,16H,4,6,9-11H2,1-3H3. The van der Waals surface area contributed by atoms with Gasteiger partial charge in [-0.05, 0) is 39.2 Å². The van der Waals surface area contributed by atoms with Crippen LogP contribution >= 0.6 is 0 Å². The quantitative estimate of drug-likeness (QED) is 0.840. The molecule has 1 aromatic carbocycles. The maximum Gasteiger partial charge on any atom is 0.165 e. The molecular weight excluding hydrogens is 226 g/mol. The van der Waals surface area contributed by atoms with E-state index in [9.17, 15) is 0 Å². The number of hydrogen-bond donors (Lipinski definition) is 1. The topological polar surface area (TPSA) is 30.5 Å². The van der Waals surface area contributed by atoms with Crippen LogP contribution in [0.1, 0.15) is 38.7 Å². The first kappa shape index (κ1) is 13.2. The number of benzene rings is 1. The minimum Gasteiger partial charge on any atom is -0.493 e. The Hall–Kier alpha value is -1.22. The van der Waals surface area contributed by atoms with Gasteiger partial charge in [-0.2, -0.15) is 0 Å². The molecule has 2 rings (SSSR count). The molecule has 1 N–H and O–H groups in total. The van der Waals surface area contributed by atoms with E-state index in [0.717, 1.165) is 23.6 Å². The molecule has 3 heteroatoms. The molecule has 1 aliphatic carbocycles. The van der Waals surface area contributed by atoms with Crippen LogP contribution in [0.2, 0.25) is 0 Å². The number of ether oxygens (including phenoxy) is 2. The second kappa shape index (κ2) is 5.61. The van der Waals surface area contributed by atoms with Crippen molar-refractivity contribution in [1.29, 1.82) is 0 Å². The van der Waals surface area contributed by atoms with Gasteiger partial charge >= 0.3 is 0 Å². The lowest BCUT2D eigenvalue weighted by Crippen LogP contribution is -2.47. The summed E-state index contributed by atoms with van der Waals surface area (Å²) in [4.78, 5) is 0. The van der Waals surface area contributed by atoms with Crippen LogP contribution in [0.5, 0.6) is 11.5 Å².